The zero-order valence-electron chi connectivity index (χ0n) is 15.5. The summed E-state index contributed by atoms with van der Waals surface area (Å²) in [7, 11) is -2.02. The van der Waals surface area contributed by atoms with E-state index in [4.69, 9.17) is 13.9 Å². The summed E-state index contributed by atoms with van der Waals surface area (Å²) in [5.74, 6) is 1.39. The molecule has 2 aromatic rings. The smallest absolute Gasteiger partial charge is 0.240 e. The van der Waals surface area contributed by atoms with Crippen molar-refractivity contribution in [2.75, 3.05) is 40.0 Å². The fourth-order valence-electron chi connectivity index (χ4n) is 3.17. The molecule has 0 spiro atoms. The predicted molar refractivity (Wildman–Crippen MR) is 101 cm³/mol. The minimum Gasteiger partial charge on any atom is -0.491 e. The van der Waals surface area contributed by atoms with E-state index in [0.29, 0.717) is 19.0 Å². The van der Waals surface area contributed by atoms with Gasteiger partial charge >= 0.3 is 0 Å². The van der Waals surface area contributed by atoms with Crippen LogP contribution in [0.5, 0.6) is 5.75 Å². The van der Waals surface area contributed by atoms with Gasteiger partial charge in [0.2, 0.25) is 10.0 Å². The molecule has 1 aromatic heterocycles. The van der Waals surface area contributed by atoms with Crippen LogP contribution in [0.25, 0.3) is 0 Å². The lowest BCUT2D eigenvalue weighted by Crippen LogP contribution is -2.36. The maximum Gasteiger partial charge on any atom is 0.240 e. The molecule has 1 unspecified atom stereocenters. The Morgan fingerprint density at radius 1 is 1.15 bits per heavy atom. The summed E-state index contributed by atoms with van der Waals surface area (Å²) in [6.07, 6.45) is 3.86. The van der Waals surface area contributed by atoms with E-state index < -0.39 is 10.0 Å². The first kappa shape index (κ1) is 19.9. The highest BCUT2D eigenvalue weighted by Crippen LogP contribution is 2.25. The van der Waals surface area contributed by atoms with Crippen LogP contribution in [0, 0.1) is 0 Å². The molecule has 27 heavy (non-hydrogen) atoms. The molecule has 0 aliphatic carbocycles. The summed E-state index contributed by atoms with van der Waals surface area (Å²) in [6, 6.07) is 10.0. The Kier molecular flexibility index (Phi) is 6.89. The molecule has 0 bridgehead atoms. The summed E-state index contributed by atoms with van der Waals surface area (Å²) >= 11 is 0. The van der Waals surface area contributed by atoms with E-state index in [-0.39, 0.29) is 17.5 Å². The topological polar surface area (TPSA) is 81.0 Å². The molecule has 7 nitrogen and oxygen atoms in total. The second-order valence-electron chi connectivity index (χ2n) is 6.44. The molecule has 1 aliphatic heterocycles. The van der Waals surface area contributed by atoms with Crippen molar-refractivity contribution in [1.29, 1.82) is 0 Å². The molecule has 1 saturated heterocycles. The largest absolute Gasteiger partial charge is 0.491 e. The van der Waals surface area contributed by atoms with Gasteiger partial charge in [0.05, 0.1) is 23.8 Å². The molecule has 1 aromatic carbocycles. The molecule has 1 aliphatic rings. The number of sulfonamides is 1. The van der Waals surface area contributed by atoms with Gasteiger partial charge in [-0.3, -0.25) is 4.90 Å². The third-order valence-corrected chi connectivity index (χ3v) is 6.05. The van der Waals surface area contributed by atoms with Crippen LogP contribution in [0.3, 0.4) is 0 Å². The Bertz CT molecular complexity index is 784. The van der Waals surface area contributed by atoms with Crippen molar-refractivity contribution in [3.63, 3.8) is 0 Å². The van der Waals surface area contributed by atoms with Gasteiger partial charge in [0, 0.05) is 13.7 Å². The van der Waals surface area contributed by atoms with Crippen LogP contribution < -0.4 is 9.46 Å². The van der Waals surface area contributed by atoms with Gasteiger partial charge in [-0.1, -0.05) is 0 Å². The third-order valence-electron chi connectivity index (χ3n) is 4.61. The Labute approximate surface area is 160 Å². The highest BCUT2D eigenvalue weighted by molar-refractivity contribution is 7.89. The van der Waals surface area contributed by atoms with E-state index in [1.165, 1.54) is 0 Å². The third kappa shape index (κ3) is 5.32. The quantitative estimate of drug-likeness (QED) is 0.624. The number of nitrogens with zero attached hydrogens (tertiary/aromatic N) is 1. The Morgan fingerprint density at radius 3 is 2.52 bits per heavy atom. The number of ether oxygens (including phenoxy) is 2. The minimum absolute atomic E-state index is 0.103. The maximum atomic E-state index is 12.7. The first-order valence-electron chi connectivity index (χ1n) is 9.09. The summed E-state index contributed by atoms with van der Waals surface area (Å²) in [5.41, 5.74) is 0. The van der Waals surface area contributed by atoms with Crippen molar-refractivity contribution in [3.8, 4) is 5.75 Å². The standard InChI is InChI=1S/C19H26N2O5S/c1-24-13-14-25-16-6-8-17(9-7-16)27(22,23)20-15-18(19-5-4-12-26-19)21-10-2-3-11-21/h4-9,12,18,20H,2-3,10-11,13-15H2,1H3. The highest BCUT2D eigenvalue weighted by Gasteiger charge is 2.27. The van der Waals surface area contributed by atoms with Crippen LogP contribution in [0.4, 0.5) is 0 Å². The SMILES string of the molecule is COCCOc1ccc(S(=O)(=O)NCC(c2ccco2)N2CCCC2)cc1. The van der Waals surface area contributed by atoms with Crippen LogP contribution in [-0.4, -0.2) is 53.3 Å². The van der Waals surface area contributed by atoms with Crippen LogP contribution >= 0.6 is 0 Å². The highest BCUT2D eigenvalue weighted by atomic mass is 32.2. The molecule has 1 N–H and O–H groups in total. The average Bonchev–Trinajstić information content (AvgIpc) is 3.37. The molecule has 3 rings (SSSR count). The van der Waals surface area contributed by atoms with E-state index in [2.05, 4.69) is 9.62 Å². The van der Waals surface area contributed by atoms with Crippen LogP contribution in [0.1, 0.15) is 24.6 Å². The monoisotopic (exact) mass is 394 g/mol. The lowest BCUT2D eigenvalue weighted by atomic mass is 10.2. The lowest BCUT2D eigenvalue weighted by Gasteiger charge is -2.26. The van der Waals surface area contributed by atoms with Crippen molar-refractivity contribution >= 4 is 10.0 Å². The number of benzene rings is 1. The summed E-state index contributed by atoms with van der Waals surface area (Å²) in [6.45, 7) is 3.05. The van der Waals surface area contributed by atoms with E-state index in [0.717, 1.165) is 31.7 Å². The number of rotatable bonds is 10. The van der Waals surface area contributed by atoms with Gasteiger partial charge in [-0.05, 0) is 62.3 Å². The van der Waals surface area contributed by atoms with Gasteiger partial charge in [-0.2, -0.15) is 0 Å². The van der Waals surface area contributed by atoms with Crippen molar-refractivity contribution in [2.24, 2.45) is 0 Å². The molecular weight excluding hydrogens is 368 g/mol. The Morgan fingerprint density at radius 2 is 1.89 bits per heavy atom. The normalized spacial score (nSPS) is 16.5. The molecule has 0 saturated carbocycles. The van der Waals surface area contributed by atoms with Gasteiger partial charge < -0.3 is 13.9 Å². The Balaban J connectivity index is 1.64. The molecule has 148 valence electrons. The van der Waals surface area contributed by atoms with Gasteiger partial charge in [0.25, 0.3) is 0 Å². The molecule has 1 fully saturated rings. The zero-order chi connectivity index (χ0) is 19.1. The number of hydrogen-bond acceptors (Lipinski definition) is 6. The van der Waals surface area contributed by atoms with Gasteiger partial charge in [0.1, 0.15) is 18.1 Å². The Hall–Kier alpha value is -1.87. The molecule has 8 heteroatoms. The molecule has 0 amide bonds. The number of hydrogen-bond donors (Lipinski definition) is 1. The van der Waals surface area contributed by atoms with E-state index in [9.17, 15) is 8.42 Å². The van der Waals surface area contributed by atoms with Crippen molar-refractivity contribution in [1.82, 2.24) is 9.62 Å². The zero-order valence-corrected chi connectivity index (χ0v) is 16.3. The number of nitrogens with one attached hydrogen (secondary N) is 1. The summed E-state index contributed by atoms with van der Waals surface area (Å²) in [4.78, 5) is 2.47. The summed E-state index contributed by atoms with van der Waals surface area (Å²) in [5, 5.41) is 0. The van der Waals surface area contributed by atoms with E-state index >= 15 is 0 Å². The first-order chi connectivity index (χ1) is 13.1. The van der Waals surface area contributed by atoms with Gasteiger partial charge in [-0.15, -0.1) is 0 Å². The van der Waals surface area contributed by atoms with Crippen molar-refractivity contribution < 1.29 is 22.3 Å². The van der Waals surface area contributed by atoms with Crippen molar-refractivity contribution in [3.05, 3.63) is 48.4 Å². The van der Waals surface area contributed by atoms with E-state index in [1.54, 1.807) is 37.6 Å². The number of likely N-dealkylation sites (tertiary alicyclic amines) is 1. The van der Waals surface area contributed by atoms with E-state index in [1.807, 2.05) is 12.1 Å². The predicted octanol–water partition coefficient (Wildman–Crippen LogP) is 2.42. The lowest BCUT2D eigenvalue weighted by molar-refractivity contribution is 0.146. The fourth-order valence-corrected chi connectivity index (χ4v) is 4.21. The number of methoxy groups -OCH3 is 1. The van der Waals surface area contributed by atoms with Crippen molar-refractivity contribution in [2.45, 2.75) is 23.8 Å². The summed E-state index contributed by atoms with van der Waals surface area (Å²) < 4.78 is 44.0. The molecular formula is C19H26N2O5S. The first-order valence-corrected chi connectivity index (χ1v) is 10.6. The van der Waals surface area contributed by atoms with Crippen LogP contribution in [-0.2, 0) is 14.8 Å². The second-order valence-corrected chi connectivity index (χ2v) is 8.21. The van der Waals surface area contributed by atoms with Crippen LogP contribution in [0.15, 0.2) is 52.0 Å². The van der Waals surface area contributed by atoms with Crippen LogP contribution in [0.2, 0.25) is 0 Å². The second kappa shape index (κ2) is 9.36. The molecule has 2 heterocycles. The fraction of sp³-hybridized carbons (Fsp3) is 0.474. The average molecular weight is 394 g/mol. The van der Waals surface area contributed by atoms with Gasteiger partial charge in [0.15, 0.2) is 0 Å². The minimum atomic E-state index is -3.62. The maximum absolute atomic E-state index is 12.7. The van der Waals surface area contributed by atoms with Gasteiger partial charge in [-0.25, -0.2) is 13.1 Å². The molecule has 0 radical (unpaired) electrons. The number of furan rings is 1. The molecule has 1 atom stereocenters.